The van der Waals surface area contributed by atoms with Gasteiger partial charge in [0.1, 0.15) is 0 Å². The number of esters is 1. The van der Waals surface area contributed by atoms with Crippen LogP contribution in [0.3, 0.4) is 0 Å². The van der Waals surface area contributed by atoms with Gasteiger partial charge in [-0.1, -0.05) is 6.08 Å². The summed E-state index contributed by atoms with van der Waals surface area (Å²) in [6.45, 7) is 7.94. The van der Waals surface area contributed by atoms with Crippen LogP contribution in [0.2, 0.25) is 0 Å². The molecule has 0 saturated carbocycles. The van der Waals surface area contributed by atoms with Gasteiger partial charge in [0.25, 0.3) is 0 Å². The van der Waals surface area contributed by atoms with Gasteiger partial charge < -0.3 is 9.47 Å². The second kappa shape index (κ2) is 8.74. The van der Waals surface area contributed by atoms with Crippen LogP contribution in [0.5, 0.6) is 0 Å². The Morgan fingerprint density at radius 1 is 1.48 bits per heavy atom. The highest BCUT2D eigenvalue weighted by Crippen LogP contribution is 2.17. The molecule has 0 bridgehead atoms. The third-order valence-corrected chi connectivity index (χ3v) is 3.83. The maximum absolute atomic E-state index is 11.6. The molecule has 1 aromatic heterocycles. The molecule has 5 heteroatoms. The molecule has 21 heavy (non-hydrogen) atoms. The van der Waals surface area contributed by atoms with Crippen molar-refractivity contribution < 1.29 is 14.3 Å². The summed E-state index contributed by atoms with van der Waals surface area (Å²) < 4.78 is 10.4. The fraction of sp³-hybridized carbons (Fsp3) is 0.500. The van der Waals surface area contributed by atoms with Crippen molar-refractivity contribution in [2.24, 2.45) is 0 Å². The topological polar surface area (TPSA) is 48.4 Å². The lowest BCUT2D eigenvalue weighted by atomic mass is 10.1. The molecule has 0 aromatic carbocycles. The SMILES string of the molecule is CCOC(=O)/C(C)=C\C[C@H](OC)/C(C)=C/c1csc(C)n1. The van der Waals surface area contributed by atoms with E-state index in [1.807, 2.05) is 31.4 Å². The molecule has 0 fully saturated rings. The first-order valence-electron chi connectivity index (χ1n) is 6.94. The fourth-order valence-electron chi connectivity index (χ4n) is 1.85. The van der Waals surface area contributed by atoms with Gasteiger partial charge in [-0.2, -0.15) is 0 Å². The van der Waals surface area contributed by atoms with E-state index in [4.69, 9.17) is 9.47 Å². The molecular formula is C16H23NO3S. The monoisotopic (exact) mass is 309 g/mol. The maximum atomic E-state index is 11.6. The van der Waals surface area contributed by atoms with Crippen molar-refractivity contribution >= 4 is 23.4 Å². The van der Waals surface area contributed by atoms with Crippen molar-refractivity contribution in [1.29, 1.82) is 0 Å². The molecule has 0 saturated heterocycles. The summed E-state index contributed by atoms with van der Waals surface area (Å²) in [5.74, 6) is -0.274. The van der Waals surface area contributed by atoms with E-state index in [0.717, 1.165) is 16.3 Å². The normalized spacial score (nSPS) is 14.1. The minimum atomic E-state index is -0.274. The molecule has 1 rings (SSSR count). The Hall–Kier alpha value is -1.46. The smallest absolute Gasteiger partial charge is 0.333 e. The highest BCUT2D eigenvalue weighted by atomic mass is 32.1. The first-order valence-corrected chi connectivity index (χ1v) is 7.82. The summed E-state index contributed by atoms with van der Waals surface area (Å²) >= 11 is 1.62. The summed E-state index contributed by atoms with van der Waals surface area (Å²) in [4.78, 5) is 16.0. The zero-order valence-electron chi connectivity index (χ0n) is 13.3. The number of thiazole rings is 1. The van der Waals surface area contributed by atoms with E-state index in [1.165, 1.54) is 0 Å². The fourth-order valence-corrected chi connectivity index (χ4v) is 2.42. The van der Waals surface area contributed by atoms with Crippen LogP contribution in [0.1, 0.15) is 37.9 Å². The lowest BCUT2D eigenvalue weighted by Crippen LogP contribution is -2.12. The van der Waals surface area contributed by atoms with Gasteiger partial charge in [0.05, 0.1) is 23.4 Å². The van der Waals surface area contributed by atoms with Crippen LogP contribution in [0.25, 0.3) is 6.08 Å². The molecule has 1 atom stereocenters. The van der Waals surface area contributed by atoms with E-state index in [-0.39, 0.29) is 12.1 Å². The van der Waals surface area contributed by atoms with E-state index >= 15 is 0 Å². The van der Waals surface area contributed by atoms with Gasteiger partial charge in [0.15, 0.2) is 0 Å². The Bertz CT molecular complexity index is 531. The number of aromatic nitrogens is 1. The van der Waals surface area contributed by atoms with Crippen molar-refractivity contribution in [3.63, 3.8) is 0 Å². The molecule has 0 aliphatic heterocycles. The molecule has 0 aliphatic rings. The highest BCUT2D eigenvalue weighted by Gasteiger charge is 2.11. The van der Waals surface area contributed by atoms with Gasteiger partial charge >= 0.3 is 5.97 Å². The first-order chi connectivity index (χ1) is 9.97. The number of aryl methyl sites for hydroxylation is 1. The Morgan fingerprint density at radius 3 is 2.71 bits per heavy atom. The number of ether oxygens (including phenoxy) is 2. The third kappa shape index (κ3) is 5.81. The predicted octanol–water partition coefficient (Wildman–Crippen LogP) is 3.77. The van der Waals surface area contributed by atoms with E-state index in [9.17, 15) is 4.79 Å². The van der Waals surface area contributed by atoms with Gasteiger partial charge in [0, 0.05) is 18.1 Å². The van der Waals surface area contributed by atoms with Crippen LogP contribution in [-0.2, 0) is 14.3 Å². The third-order valence-electron chi connectivity index (χ3n) is 3.04. The van der Waals surface area contributed by atoms with Crippen LogP contribution in [0.4, 0.5) is 0 Å². The average molecular weight is 309 g/mol. The maximum Gasteiger partial charge on any atom is 0.333 e. The van der Waals surface area contributed by atoms with Gasteiger partial charge in [-0.25, -0.2) is 9.78 Å². The first kappa shape index (κ1) is 17.6. The van der Waals surface area contributed by atoms with Crippen molar-refractivity contribution in [3.05, 3.63) is 33.3 Å². The number of carbonyl (C=O) groups is 1. The van der Waals surface area contributed by atoms with E-state index in [0.29, 0.717) is 18.6 Å². The van der Waals surface area contributed by atoms with E-state index in [1.54, 1.807) is 32.3 Å². The average Bonchev–Trinajstić information content (AvgIpc) is 2.84. The quantitative estimate of drug-likeness (QED) is 0.568. The largest absolute Gasteiger partial charge is 0.463 e. The minimum Gasteiger partial charge on any atom is -0.463 e. The Labute approximate surface area is 130 Å². The number of methoxy groups -OCH3 is 1. The predicted molar refractivity (Wildman–Crippen MR) is 86.3 cm³/mol. The summed E-state index contributed by atoms with van der Waals surface area (Å²) in [5, 5.41) is 3.06. The van der Waals surface area contributed by atoms with Crippen molar-refractivity contribution in [1.82, 2.24) is 4.98 Å². The number of hydrogen-bond acceptors (Lipinski definition) is 5. The van der Waals surface area contributed by atoms with E-state index in [2.05, 4.69) is 4.98 Å². The molecule has 1 heterocycles. The van der Waals surface area contributed by atoms with Gasteiger partial charge in [-0.15, -0.1) is 11.3 Å². The standard InChI is InChI=1S/C16H23NO3S/c1-6-20-16(18)11(2)7-8-15(19-5)12(3)9-14-10-21-13(4)17-14/h7,9-10,15H,6,8H2,1-5H3/b11-7-,12-9+/t15-/m0/s1. The van der Waals surface area contributed by atoms with Gasteiger partial charge in [-0.05, 0) is 45.8 Å². The Kier molecular flexibility index (Phi) is 7.32. The number of rotatable bonds is 7. The molecule has 1 aromatic rings. The minimum absolute atomic E-state index is 0.0728. The number of carbonyl (C=O) groups excluding carboxylic acids is 1. The van der Waals surface area contributed by atoms with E-state index < -0.39 is 0 Å². The number of hydrogen-bond donors (Lipinski definition) is 0. The molecule has 0 amide bonds. The molecule has 0 radical (unpaired) electrons. The molecule has 116 valence electrons. The zero-order chi connectivity index (χ0) is 15.8. The van der Waals surface area contributed by atoms with Gasteiger partial charge in [-0.3, -0.25) is 0 Å². The zero-order valence-corrected chi connectivity index (χ0v) is 14.1. The van der Waals surface area contributed by atoms with Crippen molar-refractivity contribution in [2.75, 3.05) is 13.7 Å². The summed E-state index contributed by atoms with van der Waals surface area (Å²) in [7, 11) is 1.67. The molecule has 0 aliphatic carbocycles. The lowest BCUT2D eigenvalue weighted by Gasteiger charge is -2.14. The molecule has 0 spiro atoms. The number of nitrogens with zero attached hydrogens (tertiary/aromatic N) is 1. The molecule has 0 N–H and O–H groups in total. The second-order valence-corrected chi connectivity index (χ2v) is 5.81. The van der Waals surface area contributed by atoms with Crippen LogP contribution in [0, 0.1) is 6.92 Å². The highest BCUT2D eigenvalue weighted by molar-refractivity contribution is 7.09. The van der Waals surface area contributed by atoms with Crippen LogP contribution in [0.15, 0.2) is 22.6 Å². The lowest BCUT2D eigenvalue weighted by molar-refractivity contribution is -0.138. The summed E-state index contributed by atoms with van der Waals surface area (Å²) in [5.41, 5.74) is 2.63. The van der Waals surface area contributed by atoms with Crippen molar-refractivity contribution in [3.8, 4) is 0 Å². The summed E-state index contributed by atoms with van der Waals surface area (Å²) in [6.07, 6.45) is 4.43. The Morgan fingerprint density at radius 2 is 2.19 bits per heavy atom. The summed E-state index contributed by atoms with van der Waals surface area (Å²) in [6, 6.07) is 0. The molecule has 4 nitrogen and oxygen atoms in total. The van der Waals surface area contributed by atoms with Crippen LogP contribution in [-0.4, -0.2) is 30.8 Å². The Balaban J connectivity index is 2.72. The van der Waals surface area contributed by atoms with Crippen molar-refractivity contribution in [2.45, 2.75) is 40.2 Å². The molecule has 0 unspecified atom stereocenters. The van der Waals surface area contributed by atoms with Crippen LogP contribution < -0.4 is 0 Å². The second-order valence-electron chi connectivity index (χ2n) is 4.75. The van der Waals surface area contributed by atoms with Gasteiger partial charge in [0.2, 0.25) is 0 Å². The molecular weight excluding hydrogens is 286 g/mol. The van der Waals surface area contributed by atoms with Crippen LogP contribution >= 0.6 is 11.3 Å².